The first-order chi connectivity index (χ1) is 2.00. The maximum atomic E-state index is 8.55. The molecule has 0 atom stereocenters. The molecule has 0 spiro atoms. The molecular weight excluding hydrogens is 186 g/mol. The van der Waals surface area contributed by atoms with Crippen molar-refractivity contribution in [1.82, 2.24) is 0 Å². The van der Waals surface area contributed by atoms with Crippen LogP contribution in [0.5, 0.6) is 0 Å². The second-order valence-corrected chi connectivity index (χ2v) is 1.34. The fourth-order valence-electron chi connectivity index (χ4n) is 0. The van der Waals surface area contributed by atoms with E-state index in [0.717, 1.165) is 0 Å². The van der Waals surface area contributed by atoms with Crippen LogP contribution in [-0.4, -0.2) is 11.0 Å². The molecular formula is H4CoO6P. The predicted molar refractivity (Wildman–Crippen MR) is 14.8 cm³/mol. The first-order valence-corrected chi connectivity index (χ1v) is 2.19. The molecule has 0 bridgehead atoms. The van der Waals surface area contributed by atoms with Crippen molar-refractivity contribution in [1.29, 1.82) is 0 Å². The average molecular weight is 190 g/mol. The fraction of sp³-hybridized carbons (Fsp3) is 0. The van der Waals surface area contributed by atoms with Crippen molar-refractivity contribution in [3.63, 3.8) is 0 Å². The van der Waals surface area contributed by atoms with Gasteiger partial charge in [-0.25, -0.2) is 0 Å². The van der Waals surface area contributed by atoms with Gasteiger partial charge in [-0.1, -0.05) is 0 Å². The van der Waals surface area contributed by atoms with Crippen LogP contribution in [-0.2, 0) is 21.3 Å². The zero-order valence-corrected chi connectivity index (χ0v) is 5.35. The molecule has 4 N–H and O–H groups in total. The summed E-state index contributed by atoms with van der Waals surface area (Å²) in [5.74, 6) is 0. The Bertz CT molecular complexity index is 54.7. The molecule has 0 amide bonds. The van der Waals surface area contributed by atoms with Crippen LogP contribution < -0.4 is 14.7 Å². The molecule has 0 aromatic carbocycles. The third-order valence-electron chi connectivity index (χ3n) is 0. The zero-order chi connectivity index (χ0) is 4.50. The monoisotopic (exact) mass is 190 g/mol. The molecule has 0 heterocycles. The molecule has 0 saturated heterocycles. The van der Waals surface area contributed by atoms with Crippen LogP contribution in [0, 0.1) is 0 Å². The van der Waals surface area contributed by atoms with Crippen molar-refractivity contribution in [2.24, 2.45) is 0 Å². The minimum Gasteiger partial charge on any atom is -0.822 e. The van der Waals surface area contributed by atoms with Gasteiger partial charge in [0.15, 0.2) is 0 Å². The molecule has 0 radical (unpaired) electrons. The second-order valence-electron chi connectivity index (χ2n) is 0.447. The minimum atomic E-state index is -5.39. The molecule has 6 nitrogen and oxygen atoms in total. The van der Waals surface area contributed by atoms with E-state index in [9.17, 15) is 0 Å². The molecule has 54 valence electrons. The van der Waals surface area contributed by atoms with E-state index in [1.807, 2.05) is 0 Å². The molecule has 0 aromatic rings. The van der Waals surface area contributed by atoms with Crippen LogP contribution in [0.4, 0.5) is 0 Å². The van der Waals surface area contributed by atoms with Crippen LogP contribution in [0.2, 0.25) is 0 Å². The van der Waals surface area contributed by atoms with Gasteiger partial charge in [0.2, 0.25) is 0 Å². The Kier molecular flexibility index (Phi) is 22.2. The van der Waals surface area contributed by atoms with Crippen LogP contribution in [0.15, 0.2) is 0 Å². The largest absolute Gasteiger partial charge is 3.00 e. The predicted octanol–water partition coefficient (Wildman–Crippen LogP) is -4.48. The SMILES string of the molecule is O.O.O=P([O-])([O-])[O-].[Co+3]. The third kappa shape index (κ3) is 696. The normalized spacial score (nSPS) is 7.38. The van der Waals surface area contributed by atoms with Gasteiger partial charge in [-0.3, -0.25) is 0 Å². The molecule has 0 unspecified atom stereocenters. The summed E-state index contributed by atoms with van der Waals surface area (Å²) in [4.78, 5) is 25.6. The molecule has 0 fully saturated rings. The van der Waals surface area contributed by atoms with Crippen molar-refractivity contribution < 1.29 is 47.0 Å². The summed E-state index contributed by atoms with van der Waals surface area (Å²) in [6, 6.07) is 0. The van der Waals surface area contributed by atoms with E-state index in [1.54, 1.807) is 0 Å². The van der Waals surface area contributed by atoms with Crippen LogP contribution in [0.25, 0.3) is 0 Å². The Morgan fingerprint density at radius 3 is 1.00 bits per heavy atom. The van der Waals surface area contributed by atoms with Gasteiger partial charge in [-0.2, -0.15) is 7.82 Å². The van der Waals surface area contributed by atoms with Gasteiger partial charge in [0, 0.05) is 0 Å². The number of phosphoric acid groups is 1. The maximum Gasteiger partial charge on any atom is 3.00 e. The summed E-state index contributed by atoms with van der Waals surface area (Å²) in [5.41, 5.74) is 0. The van der Waals surface area contributed by atoms with Gasteiger partial charge in [-0.15, -0.1) is 0 Å². The zero-order valence-electron chi connectivity index (χ0n) is 3.41. The molecule has 0 saturated carbocycles. The molecule has 8 heavy (non-hydrogen) atoms. The number of hydrogen-bond donors (Lipinski definition) is 0. The van der Waals surface area contributed by atoms with Gasteiger partial charge < -0.3 is 30.2 Å². The molecule has 0 aliphatic carbocycles. The van der Waals surface area contributed by atoms with Crippen LogP contribution in [0.1, 0.15) is 0 Å². The van der Waals surface area contributed by atoms with Gasteiger partial charge >= 0.3 is 16.8 Å². The first kappa shape index (κ1) is 23.6. The Morgan fingerprint density at radius 1 is 1.00 bits per heavy atom. The standard InChI is InChI=1S/Co.H3O4P.2H2O/c;1-5(2,3)4;;/h;(H3,1,2,3,4);2*1H2/q+3;;;/p-3. The maximum absolute atomic E-state index is 8.55. The smallest absolute Gasteiger partial charge is 0.822 e. The summed E-state index contributed by atoms with van der Waals surface area (Å²) >= 11 is 0. The average Bonchev–Trinajstić information content (AvgIpc) is 0.722. The third-order valence-corrected chi connectivity index (χ3v) is 0. The fourth-order valence-corrected chi connectivity index (χ4v) is 0. The summed E-state index contributed by atoms with van der Waals surface area (Å²) in [6.45, 7) is 0. The molecule has 0 aromatic heterocycles. The second kappa shape index (κ2) is 7.54. The Balaban J connectivity index is -0.0000000267. The van der Waals surface area contributed by atoms with Gasteiger partial charge in [0.1, 0.15) is 0 Å². The first-order valence-electron chi connectivity index (χ1n) is 0.730. The van der Waals surface area contributed by atoms with Gasteiger partial charge in [0.05, 0.1) is 0 Å². The Labute approximate surface area is 55.6 Å². The van der Waals surface area contributed by atoms with E-state index in [-0.39, 0.29) is 27.7 Å². The van der Waals surface area contributed by atoms with E-state index in [4.69, 9.17) is 19.2 Å². The van der Waals surface area contributed by atoms with Crippen molar-refractivity contribution >= 4 is 7.82 Å². The molecule has 0 rings (SSSR count). The van der Waals surface area contributed by atoms with Crippen LogP contribution >= 0.6 is 7.82 Å². The van der Waals surface area contributed by atoms with E-state index in [2.05, 4.69) is 0 Å². The van der Waals surface area contributed by atoms with E-state index < -0.39 is 7.82 Å². The summed E-state index contributed by atoms with van der Waals surface area (Å²) in [7, 11) is -5.39. The Morgan fingerprint density at radius 2 is 1.00 bits per heavy atom. The Hall–Kier alpha value is 0.536. The number of hydrogen-bond acceptors (Lipinski definition) is 4. The minimum absolute atomic E-state index is 0. The number of rotatable bonds is 0. The van der Waals surface area contributed by atoms with Crippen molar-refractivity contribution in [2.45, 2.75) is 0 Å². The van der Waals surface area contributed by atoms with Crippen molar-refractivity contribution in [2.75, 3.05) is 0 Å². The van der Waals surface area contributed by atoms with Crippen molar-refractivity contribution in [3.05, 3.63) is 0 Å². The summed E-state index contributed by atoms with van der Waals surface area (Å²) < 4.78 is 8.55. The van der Waals surface area contributed by atoms with Crippen LogP contribution in [0.3, 0.4) is 0 Å². The van der Waals surface area contributed by atoms with E-state index in [0.29, 0.717) is 0 Å². The van der Waals surface area contributed by atoms with Gasteiger partial charge in [-0.05, 0) is 0 Å². The van der Waals surface area contributed by atoms with E-state index >= 15 is 0 Å². The molecule has 0 aliphatic rings. The summed E-state index contributed by atoms with van der Waals surface area (Å²) in [6.07, 6.45) is 0. The van der Waals surface area contributed by atoms with Gasteiger partial charge in [0.25, 0.3) is 0 Å². The topological polar surface area (TPSA) is 149 Å². The quantitative estimate of drug-likeness (QED) is 0.353. The molecule has 0 aliphatic heterocycles. The van der Waals surface area contributed by atoms with E-state index in [1.165, 1.54) is 0 Å². The van der Waals surface area contributed by atoms with Crippen molar-refractivity contribution in [3.8, 4) is 0 Å². The molecule has 8 heteroatoms. The summed E-state index contributed by atoms with van der Waals surface area (Å²) in [5, 5.41) is 0.